The molecule has 3 aromatic rings. The first kappa shape index (κ1) is 20.7. The number of allylic oxidation sites excluding steroid dienone is 1. The summed E-state index contributed by atoms with van der Waals surface area (Å²) in [6.07, 6.45) is 13.6. The predicted octanol–water partition coefficient (Wildman–Crippen LogP) is 6.17. The van der Waals surface area contributed by atoms with E-state index >= 15 is 0 Å². The van der Waals surface area contributed by atoms with Crippen molar-refractivity contribution in [3.63, 3.8) is 0 Å². The number of anilines is 1. The highest BCUT2D eigenvalue weighted by Crippen LogP contribution is 2.27. The summed E-state index contributed by atoms with van der Waals surface area (Å²) < 4.78 is 5.62. The standard InChI is InChI=1S/C27H29N3O/c1-4-30(5-2)26-16-13-22(27(19-26)31-3)12-15-25-18-24(28-29-25)14-10-20-9-11-21-7-6-8-23(21)17-20/h6-7,9-19H,4-5,8H2,1-3H3,(H,28,29)/b14-10+,15-12+. The van der Waals surface area contributed by atoms with Gasteiger partial charge in [-0.25, -0.2) is 0 Å². The highest BCUT2D eigenvalue weighted by molar-refractivity contribution is 5.75. The summed E-state index contributed by atoms with van der Waals surface area (Å²) in [6, 6.07) is 14.9. The molecule has 0 radical (unpaired) electrons. The van der Waals surface area contributed by atoms with Gasteiger partial charge in [-0.05, 0) is 73.4 Å². The number of methoxy groups -OCH3 is 1. The largest absolute Gasteiger partial charge is 0.496 e. The summed E-state index contributed by atoms with van der Waals surface area (Å²) in [4.78, 5) is 2.31. The van der Waals surface area contributed by atoms with Crippen molar-refractivity contribution in [1.29, 1.82) is 0 Å². The van der Waals surface area contributed by atoms with E-state index in [1.165, 1.54) is 22.4 Å². The van der Waals surface area contributed by atoms with Gasteiger partial charge in [-0.1, -0.05) is 36.4 Å². The first-order valence-corrected chi connectivity index (χ1v) is 10.8. The van der Waals surface area contributed by atoms with Crippen LogP contribution in [0.5, 0.6) is 5.75 Å². The quantitative estimate of drug-likeness (QED) is 0.481. The first-order valence-electron chi connectivity index (χ1n) is 10.8. The van der Waals surface area contributed by atoms with E-state index in [0.717, 1.165) is 42.2 Å². The SMILES string of the molecule is CCN(CC)c1ccc(/C=C/c2cc(/C=C/c3ccc4c(c3)CC=C4)n[nH]2)c(OC)c1. The zero-order valence-corrected chi connectivity index (χ0v) is 18.4. The van der Waals surface area contributed by atoms with E-state index < -0.39 is 0 Å². The van der Waals surface area contributed by atoms with Gasteiger partial charge in [0.05, 0.1) is 18.5 Å². The van der Waals surface area contributed by atoms with Gasteiger partial charge in [0.15, 0.2) is 0 Å². The molecule has 0 spiro atoms. The molecule has 1 aliphatic carbocycles. The van der Waals surface area contributed by atoms with Crippen LogP contribution in [0.15, 0.2) is 48.5 Å². The molecule has 4 nitrogen and oxygen atoms in total. The molecule has 2 aromatic carbocycles. The number of H-pyrrole nitrogens is 1. The molecule has 0 saturated carbocycles. The summed E-state index contributed by atoms with van der Waals surface area (Å²) in [6.45, 7) is 6.27. The second-order valence-electron chi connectivity index (χ2n) is 7.58. The van der Waals surface area contributed by atoms with E-state index in [0.29, 0.717) is 0 Å². The number of hydrogen-bond donors (Lipinski definition) is 1. The second kappa shape index (κ2) is 9.52. The van der Waals surface area contributed by atoms with Gasteiger partial charge in [0.1, 0.15) is 5.75 Å². The highest BCUT2D eigenvalue weighted by Gasteiger charge is 2.07. The highest BCUT2D eigenvalue weighted by atomic mass is 16.5. The summed E-state index contributed by atoms with van der Waals surface area (Å²) in [5.74, 6) is 0.867. The molecule has 0 bridgehead atoms. The molecule has 0 saturated heterocycles. The Morgan fingerprint density at radius 2 is 1.87 bits per heavy atom. The van der Waals surface area contributed by atoms with Crippen LogP contribution in [0.1, 0.15) is 47.5 Å². The lowest BCUT2D eigenvalue weighted by molar-refractivity contribution is 0.414. The third kappa shape index (κ3) is 4.80. The average molecular weight is 412 g/mol. The Hall–Kier alpha value is -3.53. The van der Waals surface area contributed by atoms with Crippen molar-refractivity contribution in [2.75, 3.05) is 25.1 Å². The molecule has 0 atom stereocenters. The fourth-order valence-electron chi connectivity index (χ4n) is 3.89. The van der Waals surface area contributed by atoms with E-state index in [1.54, 1.807) is 7.11 Å². The number of rotatable bonds is 8. The molecule has 1 aliphatic rings. The maximum atomic E-state index is 5.62. The number of fused-ring (bicyclic) bond motifs is 1. The lowest BCUT2D eigenvalue weighted by atomic mass is 10.1. The van der Waals surface area contributed by atoms with Crippen molar-refractivity contribution < 1.29 is 4.74 Å². The zero-order valence-electron chi connectivity index (χ0n) is 18.4. The van der Waals surface area contributed by atoms with Crippen LogP contribution in [-0.2, 0) is 6.42 Å². The molecule has 4 heteroatoms. The van der Waals surface area contributed by atoms with Crippen LogP contribution in [-0.4, -0.2) is 30.4 Å². The molecule has 1 aromatic heterocycles. The van der Waals surface area contributed by atoms with Crippen molar-refractivity contribution >= 4 is 36.1 Å². The van der Waals surface area contributed by atoms with Gasteiger partial charge >= 0.3 is 0 Å². The number of benzene rings is 2. The molecule has 4 rings (SSSR count). The normalized spacial score (nSPS) is 12.7. The van der Waals surface area contributed by atoms with Gasteiger partial charge in [0, 0.05) is 30.4 Å². The minimum Gasteiger partial charge on any atom is -0.496 e. The van der Waals surface area contributed by atoms with Crippen molar-refractivity contribution in [3.8, 4) is 5.75 Å². The van der Waals surface area contributed by atoms with Crippen LogP contribution in [0.25, 0.3) is 30.4 Å². The van der Waals surface area contributed by atoms with E-state index in [-0.39, 0.29) is 0 Å². The molecule has 0 amide bonds. The molecule has 0 unspecified atom stereocenters. The Balaban J connectivity index is 1.46. The summed E-state index contributed by atoms with van der Waals surface area (Å²) >= 11 is 0. The molecule has 1 heterocycles. The van der Waals surface area contributed by atoms with Gasteiger partial charge in [-0.3, -0.25) is 5.10 Å². The average Bonchev–Trinajstić information content (AvgIpc) is 3.46. The fraction of sp³-hybridized carbons (Fsp3) is 0.222. The second-order valence-corrected chi connectivity index (χ2v) is 7.58. The molecule has 0 aliphatic heterocycles. The third-order valence-corrected chi connectivity index (χ3v) is 5.65. The number of hydrogen-bond acceptors (Lipinski definition) is 3. The smallest absolute Gasteiger partial charge is 0.128 e. The lowest BCUT2D eigenvalue weighted by Gasteiger charge is -2.22. The number of aromatic amines is 1. The Bertz CT molecular complexity index is 1130. The number of nitrogens with zero attached hydrogens (tertiary/aromatic N) is 2. The van der Waals surface area contributed by atoms with Crippen molar-refractivity contribution in [2.45, 2.75) is 20.3 Å². The Morgan fingerprint density at radius 3 is 2.68 bits per heavy atom. The van der Waals surface area contributed by atoms with Gasteiger partial charge < -0.3 is 9.64 Å². The van der Waals surface area contributed by atoms with Crippen LogP contribution in [0.2, 0.25) is 0 Å². The number of aromatic nitrogens is 2. The number of nitrogens with one attached hydrogen (secondary N) is 1. The van der Waals surface area contributed by atoms with Crippen LogP contribution in [0.3, 0.4) is 0 Å². The van der Waals surface area contributed by atoms with Crippen molar-refractivity contribution in [1.82, 2.24) is 10.2 Å². The number of ether oxygens (including phenoxy) is 1. The summed E-state index contributed by atoms with van der Waals surface area (Å²) in [5, 5.41) is 7.50. The first-order chi connectivity index (χ1) is 15.2. The Labute approximate surface area is 184 Å². The molecular weight excluding hydrogens is 382 g/mol. The molecule has 0 fully saturated rings. The summed E-state index contributed by atoms with van der Waals surface area (Å²) in [7, 11) is 1.72. The molecule has 1 N–H and O–H groups in total. The van der Waals surface area contributed by atoms with Crippen LogP contribution in [0, 0.1) is 0 Å². The Kier molecular flexibility index (Phi) is 6.37. The molecule has 31 heavy (non-hydrogen) atoms. The van der Waals surface area contributed by atoms with Gasteiger partial charge in [0.2, 0.25) is 0 Å². The predicted molar refractivity (Wildman–Crippen MR) is 132 cm³/mol. The zero-order chi connectivity index (χ0) is 21.6. The minimum absolute atomic E-state index is 0.867. The van der Waals surface area contributed by atoms with Crippen LogP contribution in [0.4, 0.5) is 5.69 Å². The minimum atomic E-state index is 0.867. The van der Waals surface area contributed by atoms with Crippen LogP contribution >= 0.6 is 0 Å². The van der Waals surface area contributed by atoms with Gasteiger partial charge in [0.25, 0.3) is 0 Å². The fourth-order valence-corrected chi connectivity index (χ4v) is 3.89. The third-order valence-electron chi connectivity index (χ3n) is 5.65. The monoisotopic (exact) mass is 411 g/mol. The molecular formula is C27H29N3O. The van der Waals surface area contributed by atoms with Crippen LogP contribution < -0.4 is 9.64 Å². The maximum Gasteiger partial charge on any atom is 0.128 e. The van der Waals surface area contributed by atoms with E-state index in [1.807, 2.05) is 18.2 Å². The topological polar surface area (TPSA) is 41.2 Å². The maximum absolute atomic E-state index is 5.62. The van der Waals surface area contributed by atoms with Gasteiger partial charge in [-0.15, -0.1) is 0 Å². The van der Waals surface area contributed by atoms with E-state index in [4.69, 9.17) is 4.74 Å². The van der Waals surface area contributed by atoms with E-state index in [9.17, 15) is 0 Å². The van der Waals surface area contributed by atoms with E-state index in [2.05, 4.69) is 89.6 Å². The Morgan fingerprint density at radius 1 is 1.00 bits per heavy atom. The van der Waals surface area contributed by atoms with Crippen molar-refractivity contribution in [2.24, 2.45) is 0 Å². The van der Waals surface area contributed by atoms with Gasteiger partial charge in [-0.2, -0.15) is 5.10 Å². The molecule has 158 valence electrons. The van der Waals surface area contributed by atoms with Crippen molar-refractivity contribution in [3.05, 3.63) is 82.2 Å². The lowest BCUT2D eigenvalue weighted by Crippen LogP contribution is -2.21. The summed E-state index contributed by atoms with van der Waals surface area (Å²) in [5.41, 5.74) is 7.97.